The van der Waals surface area contributed by atoms with Crippen molar-refractivity contribution in [3.05, 3.63) is 0 Å². The van der Waals surface area contributed by atoms with Crippen molar-refractivity contribution >= 4 is 35.0 Å². The summed E-state index contributed by atoms with van der Waals surface area (Å²) in [4.78, 5) is 21.2. The predicted octanol–water partition coefficient (Wildman–Crippen LogP) is 1.07. The maximum Gasteiger partial charge on any atom is 0.253 e. The molecule has 0 bridgehead atoms. The van der Waals surface area contributed by atoms with Crippen LogP contribution < -0.4 is 10.6 Å². The van der Waals surface area contributed by atoms with E-state index in [-0.39, 0.29) is 5.91 Å². The van der Waals surface area contributed by atoms with Crippen LogP contribution in [0.3, 0.4) is 0 Å². The van der Waals surface area contributed by atoms with Crippen LogP contribution in [0.2, 0.25) is 0 Å². The predicted molar refractivity (Wildman–Crippen MR) is 61.0 cm³/mol. The summed E-state index contributed by atoms with van der Waals surface area (Å²) in [6.07, 6.45) is 0. The Morgan fingerprint density at radius 3 is 2.00 bits per heavy atom. The molecule has 0 saturated heterocycles. The Bertz CT molecular complexity index is 237. The second kappa shape index (κ2) is 6.18. The SMILES string of the molecule is CC(C)(C)C(=O)NCCNC(=O)C(Cl)Cl. The Morgan fingerprint density at radius 1 is 1.13 bits per heavy atom. The van der Waals surface area contributed by atoms with Crippen LogP contribution in [0.5, 0.6) is 0 Å². The summed E-state index contributed by atoms with van der Waals surface area (Å²) in [5.41, 5.74) is -0.425. The summed E-state index contributed by atoms with van der Waals surface area (Å²) in [6, 6.07) is 0. The molecule has 0 aromatic heterocycles. The van der Waals surface area contributed by atoms with Crippen molar-refractivity contribution in [1.82, 2.24) is 10.6 Å². The van der Waals surface area contributed by atoms with E-state index < -0.39 is 16.2 Å². The van der Waals surface area contributed by atoms with Crippen LogP contribution >= 0.6 is 23.2 Å². The minimum Gasteiger partial charge on any atom is -0.354 e. The van der Waals surface area contributed by atoms with Gasteiger partial charge in [0.05, 0.1) is 0 Å². The van der Waals surface area contributed by atoms with Crippen molar-refractivity contribution in [2.24, 2.45) is 5.41 Å². The first-order valence-electron chi connectivity index (χ1n) is 4.59. The van der Waals surface area contributed by atoms with Gasteiger partial charge in [0.25, 0.3) is 5.91 Å². The first kappa shape index (κ1) is 14.5. The number of carbonyl (C=O) groups is 2. The maximum absolute atomic E-state index is 11.4. The van der Waals surface area contributed by atoms with Gasteiger partial charge in [-0.15, -0.1) is 0 Å². The molecule has 0 unspecified atom stereocenters. The van der Waals surface area contributed by atoms with Crippen molar-refractivity contribution in [2.45, 2.75) is 25.6 Å². The van der Waals surface area contributed by atoms with E-state index >= 15 is 0 Å². The molecule has 0 aromatic carbocycles. The largest absolute Gasteiger partial charge is 0.354 e. The zero-order valence-corrected chi connectivity index (χ0v) is 10.6. The van der Waals surface area contributed by atoms with E-state index in [1.165, 1.54) is 0 Å². The second-order valence-corrected chi connectivity index (χ2v) is 5.19. The quantitative estimate of drug-likeness (QED) is 0.583. The van der Waals surface area contributed by atoms with Gasteiger partial charge in [-0.1, -0.05) is 44.0 Å². The molecule has 0 rings (SSSR count). The van der Waals surface area contributed by atoms with Gasteiger partial charge in [0.15, 0.2) is 4.84 Å². The molecule has 0 aliphatic rings. The molecule has 0 aliphatic heterocycles. The number of rotatable bonds is 4. The Balaban J connectivity index is 3.65. The molecule has 2 N–H and O–H groups in total. The molecule has 88 valence electrons. The maximum atomic E-state index is 11.4. The van der Waals surface area contributed by atoms with Crippen LogP contribution in [-0.4, -0.2) is 29.7 Å². The third-order valence-electron chi connectivity index (χ3n) is 1.59. The van der Waals surface area contributed by atoms with Gasteiger partial charge in [-0.3, -0.25) is 9.59 Å². The standard InChI is InChI=1S/C9H16Cl2N2O2/c1-9(2,3)8(15)13-5-4-12-7(14)6(10)11/h6H,4-5H2,1-3H3,(H,12,14)(H,13,15). The lowest BCUT2D eigenvalue weighted by molar-refractivity contribution is -0.128. The number of amides is 2. The molecular weight excluding hydrogens is 239 g/mol. The van der Waals surface area contributed by atoms with Crippen molar-refractivity contribution in [3.63, 3.8) is 0 Å². The third-order valence-corrected chi connectivity index (χ3v) is 1.99. The smallest absolute Gasteiger partial charge is 0.253 e. The molecule has 0 heterocycles. The highest BCUT2D eigenvalue weighted by Gasteiger charge is 2.20. The van der Waals surface area contributed by atoms with E-state index in [0.29, 0.717) is 13.1 Å². The molecule has 0 aromatic rings. The van der Waals surface area contributed by atoms with Crippen LogP contribution in [0.4, 0.5) is 0 Å². The summed E-state index contributed by atoms with van der Waals surface area (Å²) in [5.74, 6) is -0.520. The summed E-state index contributed by atoms with van der Waals surface area (Å²) in [6.45, 7) is 6.12. The molecule has 2 amide bonds. The highest BCUT2D eigenvalue weighted by atomic mass is 35.5. The number of hydrogen-bond acceptors (Lipinski definition) is 2. The van der Waals surface area contributed by atoms with Crippen LogP contribution in [-0.2, 0) is 9.59 Å². The van der Waals surface area contributed by atoms with Crippen LogP contribution in [0, 0.1) is 5.41 Å². The summed E-state index contributed by atoms with van der Waals surface area (Å²) in [5, 5.41) is 5.15. The fourth-order valence-corrected chi connectivity index (χ4v) is 0.858. The molecule has 15 heavy (non-hydrogen) atoms. The summed E-state index contributed by atoms with van der Waals surface area (Å²) < 4.78 is 0. The van der Waals surface area contributed by atoms with Crippen LogP contribution in [0.15, 0.2) is 0 Å². The van der Waals surface area contributed by atoms with Gasteiger partial charge in [-0.25, -0.2) is 0 Å². The van der Waals surface area contributed by atoms with Gasteiger partial charge in [0.2, 0.25) is 5.91 Å². The highest BCUT2D eigenvalue weighted by Crippen LogP contribution is 2.11. The van der Waals surface area contributed by atoms with E-state index in [2.05, 4.69) is 10.6 Å². The average Bonchev–Trinajstić information content (AvgIpc) is 2.09. The first-order valence-corrected chi connectivity index (χ1v) is 5.46. The fourth-order valence-electron chi connectivity index (χ4n) is 0.704. The monoisotopic (exact) mass is 254 g/mol. The molecule has 0 atom stereocenters. The lowest BCUT2D eigenvalue weighted by Gasteiger charge is -2.17. The minimum absolute atomic E-state index is 0.0648. The van der Waals surface area contributed by atoms with E-state index in [1.54, 1.807) is 0 Å². The van der Waals surface area contributed by atoms with Crippen molar-refractivity contribution < 1.29 is 9.59 Å². The van der Waals surface area contributed by atoms with Crippen LogP contribution in [0.25, 0.3) is 0 Å². The number of nitrogens with one attached hydrogen (secondary N) is 2. The molecular formula is C9H16Cl2N2O2. The lowest BCUT2D eigenvalue weighted by Crippen LogP contribution is -2.40. The van der Waals surface area contributed by atoms with Crippen molar-refractivity contribution in [3.8, 4) is 0 Å². The number of alkyl halides is 2. The van der Waals surface area contributed by atoms with Gasteiger partial charge in [0, 0.05) is 18.5 Å². The topological polar surface area (TPSA) is 58.2 Å². The molecule has 6 heteroatoms. The number of hydrogen-bond donors (Lipinski definition) is 2. The van der Waals surface area contributed by atoms with Gasteiger partial charge in [0.1, 0.15) is 0 Å². The van der Waals surface area contributed by atoms with Crippen molar-refractivity contribution in [2.75, 3.05) is 13.1 Å². The first-order chi connectivity index (χ1) is 6.75. The van der Waals surface area contributed by atoms with Gasteiger partial charge in [-0.05, 0) is 0 Å². The van der Waals surface area contributed by atoms with E-state index in [1.807, 2.05) is 20.8 Å². The Morgan fingerprint density at radius 2 is 1.60 bits per heavy atom. The number of carbonyl (C=O) groups excluding carboxylic acids is 2. The van der Waals surface area contributed by atoms with Crippen molar-refractivity contribution in [1.29, 1.82) is 0 Å². The Labute approximate surface area is 99.7 Å². The molecule has 0 aliphatic carbocycles. The minimum atomic E-state index is -1.07. The zero-order chi connectivity index (χ0) is 12.1. The Hall–Kier alpha value is -0.480. The summed E-state index contributed by atoms with van der Waals surface area (Å²) in [7, 11) is 0. The second-order valence-electron chi connectivity index (χ2n) is 4.10. The van der Waals surface area contributed by atoms with E-state index in [4.69, 9.17) is 23.2 Å². The molecule has 0 radical (unpaired) electrons. The molecule has 0 fully saturated rings. The highest BCUT2D eigenvalue weighted by molar-refractivity contribution is 6.53. The van der Waals surface area contributed by atoms with Gasteiger partial charge in [-0.2, -0.15) is 0 Å². The Kier molecular flexibility index (Phi) is 5.98. The fraction of sp³-hybridized carbons (Fsp3) is 0.778. The number of halogens is 2. The summed E-state index contributed by atoms with van der Waals surface area (Å²) >= 11 is 10.6. The van der Waals surface area contributed by atoms with Gasteiger partial charge >= 0.3 is 0 Å². The molecule has 4 nitrogen and oxygen atoms in total. The zero-order valence-electron chi connectivity index (χ0n) is 9.06. The molecule has 0 spiro atoms. The average molecular weight is 255 g/mol. The van der Waals surface area contributed by atoms with E-state index in [9.17, 15) is 9.59 Å². The normalized spacial score (nSPS) is 11.3. The lowest BCUT2D eigenvalue weighted by atomic mass is 9.96. The molecule has 0 saturated carbocycles. The van der Waals surface area contributed by atoms with E-state index in [0.717, 1.165) is 0 Å². The van der Waals surface area contributed by atoms with Gasteiger partial charge < -0.3 is 10.6 Å². The third kappa shape index (κ3) is 6.57. The van der Waals surface area contributed by atoms with Crippen LogP contribution in [0.1, 0.15) is 20.8 Å².